The molecule has 4 heterocycles. The molecule has 2 aliphatic heterocycles. The third-order valence-electron chi connectivity index (χ3n) is 6.59. The molecule has 10 nitrogen and oxygen atoms in total. The fourth-order valence-electron chi connectivity index (χ4n) is 4.71. The van der Waals surface area contributed by atoms with Gasteiger partial charge in [0.2, 0.25) is 23.4 Å². The maximum atomic E-state index is 13.2. The van der Waals surface area contributed by atoms with Crippen molar-refractivity contribution in [3.05, 3.63) is 47.9 Å². The van der Waals surface area contributed by atoms with Gasteiger partial charge in [-0.2, -0.15) is 10.2 Å². The summed E-state index contributed by atoms with van der Waals surface area (Å²) in [4.78, 5) is 33.3. The van der Waals surface area contributed by atoms with Gasteiger partial charge in [0, 0.05) is 37.7 Å². The van der Waals surface area contributed by atoms with Crippen molar-refractivity contribution >= 4 is 29.1 Å². The van der Waals surface area contributed by atoms with E-state index in [2.05, 4.69) is 21.3 Å². The number of furan rings is 1. The Bertz CT molecular complexity index is 1260. The van der Waals surface area contributed by atoms with Crippen LogP contribution in [0.3, 0.4) is 0 Å². The Morgan fingerprint density at radius 1 is 1.11 bits per heavy atom. The quantitative estimate of drug-likeness (QED) is 0.554. The van der Waals surface area contributed by atoms with Crippen LogP contribution in [0, 0.1) is 17.2 Å². The molecule has 3 N–H and O–H groups in total. The lowest BCUT2D eigenvalue weighted by molar-refractivity contribution is -0.120. The van der Waals surface area contributed by atoms with Crippen LogP contribution in [0.15, 0.2) is 45.4 Å². The second-order valence-corrected chi connectivity index (χ2v) is 8.80. The Kier molecular flexibility index (Phi) is 6.14. The minimum atomic E-state index is -0.531. The van der Waals surface area contributed by atoms with Gasteiger partial charge in [0.05, 0.1) is 17.6 Å². The number of nitrogens with two attached hydrogens (primary N) is 1. The molecule has 0 atom stereocenters. The number of rotatable bonds is 6. The Balaban J connectivity index is 1.28. The van der Waals surface area contributed by atoms with Crippen LogP contribution in [0.2, 0.25) is 0 Å². The smallest absolute Gasteiger partial charge is 0.266 e. The van der Waals surface area contributed by atoms with Crippen molar-refractivity contribution in [3.8, 4) is 17.7 Å². The highest BCUT2D eigenvalue weighted by Gasteiger charge is 2.30. The molecule has 3 aromatic rings. The van der Waals surface area contributed by atoms with Crippen LogP contribution < -0.4 is 20.9 Å². The number of benzene rings is 1. The van der Waals surface area contributed by atoms with Gasteiger partial charge in [-0.15, -0.1) is 0 Å². The molecule has 0 aliphatic carbocycles. The number of aromatic nitrogens is 1. The van der Waals surface area contributed by atoms with E-state index in [1.165, 1.54) is 6.26 Å². The van der Waals surface area contributed by atoms with Gasteiger partial charge in [-0.25, -0.2) is 0 Å². The predicted octanol–water partition coefficient (Wildman–Crippen LogP) is 3.36. The summed E-state index contributed by atoms with van der Waals surface area (Å²) in [6, 6.07) is 10.7. The van der Waals surface area contributed by atoms with Crippen LogP contribution in [0.1, 0.15) is 41.7 Å². The van der Waals surface area contributed by atoms with Gasteiger partial charge >= 0.3 is 0 Å². The van der Waals surface area contributed by atoms with Gasteiger partial charge < -0.3 is 29.7 Å². The van der Waals surface area contributed by atoms with E-state index < -0.39 is 5.91 Å². The Labute approximate surface area is 202 Å². The predicted molar refractivity (Wildman–Crippen MR) is 129 cm³/mol. The summed E-state index contributed by atoms with van der Waals surface area (Å²) in [5.74, 6) is 0.257. The summed E-state index contributed by atoms with van der Waals surface area (Å²) in [5.41, 5.74) is 7.54. The number of anilines is 3. The maximum Gasteiger partial charge on any atom is 0.266 e. The van der Waals surface area contributed by atoms with E-state index in [0.29, 0.717) is 48.8 Å². The van der Waals surface area contributed by atoms with E-state index in [1.807, 2.05) is 11.0 Å². The molecule has 2 aromatic heterocycles. The fourth-order valence-corrected chi connectivity index (χ4v) is 4.71. The summed E-state index contributed by atoms with van der Waals surface area (Å²) in [5, 5.41) is 12.6. The lowest BCUT2D eigenvalue weighted by atomic mass is 9.95. The van der Waals surface area contributed by atoms with Crippen LogP contribution in [0.4, 0.5) is 17.3 Å². The van der Waals surface area contributed by atoms with Crippen molar-refractivity contribution in [2.45, 2.75) is 25.7 Å². The number of nitriles is 1. The Hall–Kier alpha value is -4.26. The lowest BCUT2D eigenvalue weighted by Crippen LogP contribution is -2.38. The second-order valence-electron chi connectivity index (χ2n) is 8.80. The highest BCUT2D eigenvalue weighted by molar-refractivity contribution is 6.00. The molecule has 35 heavy (non-hydrogen) atoms. The number of hydrogen-bond donors (Lipinski definition) is 2. The van der Waals surface area contributed by atoms with Crippen LogP contribution in [-0.2, 0) is 4.79 Å². The minimum Gasteiger partial charge on any atom is -0.459 e. The number of primary amides is 1. The molecule has 2 fully saturated rings. The number of amides is 2. The standard InChI is InChI=1S/C25H26N6O4/c26-15-19-25(35-24(29-19)21-4-3-13-34-21)31-11-7-16(8-12-31)23(33)28-18-14-17(22(27)32)5-6-20(18)30-9-1-2-10-30/h3-6,13-14,16H,1-2,7-12H2,(H2,27,32)(H,28,33). The van der Waals surface area contributed by atoms with Crippen LogP contribution >= 0.6 is 0 Å². The van der Waals surface area contributed by atoms with Crippen LogP contribution in [-0.4, -0.2) is 43.0 Å². The normalized spacial score (nSPS) is 16.3. The second kappa shape index (κ2) is 9.54. The topological polar surface area (TPSA) is 142 Å². The van der Waals surface area contributed by atoms with E-state index in [4.69, 9.17) is 14.6 Å². The molecule has 1 aromatic carbocycles. The summed E-state index contributed by atoms with van der Waals surface area (Å²) in [6.07, 6.45) is 4.88. The molecular weight excluding hydrogens is 448 g/mol. The third kappa shape index (κ3) is 4.57. The van der Waals surface area contributed by atoms with E-state index in [0.717, 1.165) is 31.6 Å². The van der Waals surface area contributed by atoms with Gasteiger partial charge in [0.15, 0.2) is 5.76 Å². The Morgan fingerprint density at radius 3 is 2.54 bits per heavy atom. The van der Waals surface area contributed by atoms with Crippen molar-refractivity contribution in [3.63, 3.8) is 0 Å². The highest BCUT2D eigenvalue weighted by atomic mass is 16.4. The number of carbonyl (C=O) groups is 2. The van der Waals surface area contributed by atoms with E-state index >= 15 is 0 Å². The molecule has 0 bridgehead atoms. The zero-order valence-corrected chi connectivity index (χ0v) is 19.2. The average Bonchev–Trinajstić information content (AvgIpc) is 3.65. The van der Waals surface area contributed by atoms with E-state index in [1.54, 1.807) is 24.3 Å². The van der Waals surface area contributed by atoms with Crippen molar-refractivity contribution in [2.24, 2.45) is 11.7 Å². The number of nitrogens with one attached hydrogen (secondary N) is 1. The summed E-state index contributed by atoms with van der Waals surface area (Å²) < 4.78 is 11.2. The van der Waals surface area contributed by atoms with E-state index in [9.17, 15) is 14.9 Å². The number of piperidine rings is 1. The zero-order chi connectivity index (χ0) is 24.4. The first-order valence-corrected chi connectivity index (χ1v) is 11.7. The highest BCUT2D eigenvalue weighted by Crippen LogP contribution is 2.33. The SMILES string of the molecule is N#Cc1nc(-c2ccco2)oc1N1CCC(C(=O)Nc2cc(C(N)=O)ccc2N2CCCC2)CC1. The third-order valence-corrected chi connectivity index (χ3v) is 6.59. The molecule has 10 heteroatoms. The molecule has 0 spiro atoms. The summed E-state index contributed by atoms with van der Waals surface area (Å²) >= 11 is 0. The summed E-state index contributed by atoms with van der Waals surface area (Å²) in [7, 11) is 0. The molecule has 0 radical (unpaired) electrons. The first kappa shape index (κ1) is 22.5. The molecule has 2 amide bonds. The molecular formula is C25H26N6O4. The van der Waals surface area contributed by atoms with Crippen molar-refractivity contribution < 1.29 is 18.4 Å². The van der Waals surface area contributed by atoms with Crippen molar-refractivity contribution in [1.29, 1.82) is 5.26 Å². The van der Waals surface area contributed by atoms with Crippen molar-refractivity contribution in [2.75, 3.05) is 41.3 Å². The van der Waals surface area contributed by atoms with Gasteiger partial charge in [0.1, 0.15) is 6.07 Å². The van der Waals surface area contributed by atoms with E-state index in [-0.39, 0.29) is 23.4 Å². The van der Waals surface area contributed by atoms with Gasteiger partial charge in [-0.05, 0) is 56.0 Å². The van der Waals surface area contributed by atoms with Crippen LogP contribution in [0.5, 0.6) is 0 Å². The monoisotopic (exact) mass is 474 g/mol. The molecule has 0 unspecified atom stereocenters. The lowest BCUT2D eigenvalue weighted by Gasteiger charge is -2.31. The number of hydrogen-bond acceptors (Lipinski definition) is 8. The van der Waals surface area contributed by atoms with Crippen LogP contribution in [0.25, 0.3) is 11.7 Å². The minimum absolute atomic E-state index is 0.0962. The summed E-state index contributed by atoms with van der Waals surface area (Å²) in [6.45, 7) is 2.91. The molecule has 2 saturated heterocycles. The van der Waals surface area contributed by atoms with Crippen molar-refractivity contribution in [1.82, 2.24) is 4.98 Å². The molecule has 5 rings (SSSR count). The van der Waals surface area contributed by atoms with Gasteiger partial charge in [-0.1, -0.05) is 0 Å². The number of oxazole rings is 1. The first-order valence-electron chi connectivity index (χ1n) is 11.7. The fraction of sp³-hybridized carbons (Fsp3) is 0.360. The van der Waals surface area contributed by atoms with Gasteiger partial charge in [-0.3, -0.25) is 9.59 Å². The number of carbonyl (C=O) groups excluding carboxylic acids is 2. The average molecular weight is 475 g/mol. The Morgan fingerprint density at radius 2 is 1.89 bits per heavy atom. The zero-order valence-electron chi connectivity index (χ0n) is 19.2. The number of nitrogens with zero attached hydrogens (tertiary/aromatic N) is 4. The maximum absolute atomic E-state index is 13.2. The molecule has 2 aliphatic rings. The molecule has 0 saturated carbocycles. The molecule has 180 valence electrons. The largest absolute Gasteiger partial charge is 0.459 e. The van der Waals surface area contributed by atoms with Gasteiger partial charge in [0.25, 0.3) is 5.89 Å². The first-order chi connectivity index (χ1) is 17.0.